The van der Waals surface area contributed by atoms with Gasteiger partial charge in [-0.15, -0.1) is 0 Å². The lowest BCUT2D eigenvalue weighted by Gasteiger charge is -2.49. The number of nitrogens with zero attached hydrogens (tertiary/aromatic N) is 1. The third-order valence-corrected chi connectivity index (χ3v) is 3.59. The van der Waals surface area contributed by atoms with Crippen molar-refractivity contribution >= 4 is 11.8 Å². The number of likely N-dealkylation sites (tertiary alicyclic amines) is 1. The first-order valence-electron chi connectivity index (χ1n) is 6.53. The molecule has 0 radical (unpaired) electrons. The summed E-state index contributed by atoms with van der Waals surface area (Å²) < 4.78 is 0. The van der Waals surface area contributed by atoms with Gasteiger partial charge in [-0.25, -0.2) is 0 Å². The molecule has 0 aromatic heterocycles. The molecule has 3 N–H and O–H groups in total. The number of carbonyl (C=O) groups excluding carboxylic acids is 2. The molecule has 5 heteroatoms. The van der Waals surface area contributed by atoms with E-state index in [1.807, 2.05) is 39.5 Å². The number of carbonyl (C=O) groups is 2. The van der Waals surface area contributed by atoms with Crippen molar-refractivity contribution in [2.45, 2.75) is 46.7 Å². The number of hydrogen-bond acceptors (Lipinski definition) is 3. The molecule has 0 aromatic carbocycles. The van der Waals surface area contributed by atoms with Crippen LogP contribution < -0.4 is 11.1 Å². The summed E-state index contributed by atoms with van der Waals surface area (Å²) in [5.41, 5.74) is 5.29. The van der Waals surface area contributed by atoms with Crippen molar-refractivity contribution in [3.63, 3.8) is 0 Å². The van der Waals surface area contributed by atoms with Crippen molar-refractivity contribution in [1.29, 1.82) is 0 Å². The summed E-state index contributed by atoms with van der Waals surface area (Å²) in [7, 11) is 0. The van der Waals surface area contributed by atoms with Crippen LogP contribution in [-0.2, 0) is 9.59 Å². The highest BCUT2D eigenvalue weighted by molar-refractivity contribution is 5.90. The van der Waals surface area contributed by atoms with E-state index in [4.69, 9.17) is 5.73 Å². The fourth-order valence-electron chi connectivity index (χ4n) is 2.02. The normalized spacial score (nSPS) is 25.3. The van der Waals surface area contributed by atoms with Crippen molar-refractivity contribution in [3.8, 4) is 0 Å². The molecule has 2 unspecified atom stereocenters. The maximum absolute atomic E-state index is 12.0. The number of β-lactam (4-membered cyclic amide) rings is 1. The van der Waals surface area contributed by atoms with Crippen molar-refractivity contribution < 1.29 is 9.59 Å². The Balaban J connectivity index is 2.46. The van der Waals surface area contributed by atoms with Crippen LogP contribution in [0.3, 0.4) is 0 Å². The molecule has 0 aromatic rings. The first-order chi connectivity index (χ1) is 8.19. The molecule has 0 bridgehead atoms. The van der Waals surface area contributed by atoms with Crippen LogP contribution in [0.1, 0.15) is 34.6 Å². The molecule has 1 heterocycles. The molecule has 1 aliphatic heterocycles. The summed E-state index contributed by atoms with van der Waals surface area (Å²) in [6, 6.07) is -0.288. The Morgan fingerprint density at radius 3 is 2.39 bits per heavy atom. The quantitative estimate of drug-likeness (QED) is 0.696. The van der Waals surface area contributed by atoms with Crippen LogP contribution >= 0.6 is 0 Å². The lowest BCUT2D eigenvalue weighted by molar-refractivity contribution is -0.161. The van der Waals surface area contributed by atoms with Crippen LogP contribution in [0.5, 0.6) is 0 Å². The fourth-order valence-corrected chi connectivity index (χ4v) is 2.02. The lowest BCUT2D eigenvalue weighted by atomic mass is 9.79. The van der Waals surface area contributed by atoms with Gasteiger partial charge in [-0.3, -0.25) is 9.59 Å². The van der Waals surface area contributed by atoms with Gasteiger partial charge in [-0.2, -0.15) is 0 Å². The number of hydrogen-bond donors (Lipinski definition) is 2. The van der Waals surface area contributed by atoms with Gasteiger partial charge in [0.05, 0.1) is 11.5 Å². The molecule has 2 atom stereocenters. The predicted octanol–water partition coefficient (Wildman–Crippen LogP) is 0.343. The van der Waals surface area contributed by atoms with Gasteiger partial charge >= 0.3 is 0 Å². The van der Waals surface area contributed by atoms with E-state index < -0.39 is 11.5 Å². The molecular weight excluding hydrogens is 230 g/mol. The van der Waals surface area contributed by atoms with E-state index in [-0.39, 0.29) is 23.8 Å². The number of amides is 2. The van der Waals surface area contributed by atoms with Gasteiger partial charge in [-0.05, 0) is 26.7 Å². The highest BCUT2D eigenvalue weighted by atomic mass is 16.2. The second-order valence-corrected chi connectivity index (χ2v) is 6.08. The molecule has 1 saturated heterocycles. The second-order valence-electron chi connectivity index (χ2n) is 6.08. The Hall–Kier alpha value is -1.10. The topological polar surface area (TPSA) is 75.4 Å². The van der Waals surface area contributed by atoms with E-state index in [9.17, 15) is 9.59 Å². The maximum Gasteiger partial charge on any atom is 0.237 e. The van der Waals surface area contributed by atoms with Crippen LogP contribution in [0, 0.1) is 11.3 Å². The highest BCUT2D eigenvalue weighted by Gasteiger charge is 2.49. The van der Waals surface area contributed by atoms with Crippen LogP contribution in [0.15, 0.2) is 0 Å². The number of nitrogens with one attached hydrogen (secondary N) is 1. The van der Waals surface area contributed by atoms with Crippen molar-refractivity contribution in [2.75, 3.05) is 13.1 Å². The Bertz CT molecular complexity index is 341. The minimum Gasteiger partial charge on any atom is -0.354 e. The zero-order chi connectivity index (χ0) is 14.1. The molecule has 0 aliphatic carbocycles. The summed E-state index contributed by atoms with van der Waals surface area (Å²) in [5, 5.41) is 2.78. The predicted molar refractivity (Wildman–Crippen MR) is 70.8 cm³/mol. The Labute approximate surface area is 109 Å². The highest BCUT2D eigenvalue weighted by Crippen LogP contribution is 2.32. The minimum atomic E-state index is -0.509. The van der Waals surface area contributed by atoms with E-state index in [1.165, 1.54) is 0 Å². The summed E-state index contributed by atoms with van der Waals surface area (Å²) in [6.07, 6.45) is 0. The molecule has 0 saturated carbocycles. The van der Waals surface area contributed by atoms with E-state index >= 15 is 0 Å². The summed E-state index contributed by atoms with van der Waals surface area (Å²) in [6.45, 7) is 10.7. The van der Waals surface area contributed by atoms with Gasteiger partial charge in [-0.1, -0.05) is 13.8 Å². The molecule has 18 heavy (non-hydrogen) atoms. The molecular formula is C13H25N3O2. The van der Waals surface area contributed by atoms with Crippen LogP contribution in [-0.4, -0.2) is 41.9 Å². The van der Waals surface area contributed by atoms with Crippen molar-refractivity contribution in [3.05, 3.63) is 0 Å². The van der Waals surface area contributed by atoms with E-state index in [0.29, 0.717) is 13.1 Å². The van der Waals surface area contributed by atoms with E-state index in [0.717, 1.165) is 0 Å². The largest absolute Gasteiger partial charge is 0.354 e. The second kappa shape index (κ2) is 5.26. The Morgan fingerprint density at radius 2 is 2.00 bits per heavy atom. The molecule has 104 valence electrons. The summed E-state index contributed by atoms with van der Waals surface area (Å²) in [5.74, 6) is 0.0278. The molecule has 1 rings (SSSR count). The SMILES string of the molecule is CC(C)C(N)C(=O)NCC1(C)CN(C(C)C)C1=O. The van der Waals surface area contributed by atoms with Gasteiger partial charge in [0.25, 0.3) is 0 Å². The Kier molecular flexibility index (Phi) is 4.37. The van der Waals surface area contributed by atoms with E-state index in [1.54, 1.807) is 0 Å². The van der Waals surface area contributed by atoms with Crippen LogP contribution in [0.2, 0.25) is 0 Å². The third-order valence-electron chi connectivity index (χ3n) is 3.59. The molecule has 0 spiro atoms. The van der Waals surface area contributed by atoms with Crippen LogP contribution in [0.25, 0.3) is 0 Å². The van der Waals surface area contributed by atoms with Crippen LogP contribution in [0.4, 0.5) is 0 Å². The lowest BCUT2D eigenvalue weighted by Crippen LogP contribution is -2.66. The number of rotatable bonds is 5. The standard InChI is InChI=1S/C13H25N3O2/c1-8(2)10(14)11(17)15-6-13(5)7-16(9(3)4)12(13)18/h8-10H,6-7,14H2,1-5H3,(H,15,17). The Morgan fingerprint density at radius 1 is 1.44 bits per heavy atom. The first-order valence-corrected chi connectivity index (χ1v) is 6.53. The minimum absolute atomic E-state index is 0.0991. The van der Waals surface area contributed by atoms with Gasteiger partial charge in [0.15, 0.2) is 0 Å². The molecule has 2 amide bonds. The smallest absolute Gasteiger partial charge is 0.237 e. The zero-order valence-electron chi connectivity index (χ0n) is 12.0. The first kappa shape index (κ1) is 15.0. The van der Waals surface area contributed by atoms with E-state index in [2.05, 4.69) is 5.32 Å². The summed E-state index contributed by atoms with van der Waals surface area (Å²) in [4.78, 5) is 25.5. The summed E-state index contributed by atoms with van der Waals surface area (Å²) >= 11 is 0. The monoisotopic (exact) mass is 255 g/mol. The molecule has 5 nitrogen and oxygen atoms in total. The van der Waals surface area contributed by atoms with Crippen molar-refractivity contribution in [2.24, 2.45) is 17.1 Å². The van der Waals surface area contributed by atoms with Gasteiger partial charge in [0.2, 0.25) is 11.8 Å². The van der Waals surface area contributed by atoms with Gasteiger partial charge in [0.1, 0.15) is 0 Å². The van der Waals surface area contributed by atoms with Gasteiger partial charge < -0.3 is 16.0 Å². The molecule has 1 aliphatic rings. The average molecular weight is 255 g/mol. The number of nitrogens with two attached hydrogens (primary N) is 1. The third kappa shape index (κ3) is 2.83. The van der Waals surface area contributed by atoms with Gasteiger partial charge in [0, 0.05) is 19.1 Å². The maximum atomic E-state index is 12.0. The zero-order valence-corrected chi connectivity index (χ0v) is 12.0. The van der Waals surface area contributed by atoms with Crippen molar-refractivity contribution in [1.82, 2.24) is 10.2 Å². The average Bonchev–Trinajstić information content (AvgIpc) is 2.30. The molecule has 1 fully saturated rings. The fraction of sp³-hybridized carbons (Fsp3) is 0.846.